The van der Waals surface area contributed by atoms with E-state index in [-0.39, 0.29) is 0 Å². The highest BCUT2D eigenvalue weighted by Gasteiger charge is 2.18. The lowest BCUT2D eigenvalue weighted by Gasteiger charge is -2.24. The number of anilines is 3. The molecule has 0 spiro atoms. The molecule has 0 bridgehead atoms. The Bertz CT molecular complexity index is 2010. The topological polar surface area (TPSA) is 55.3 Å². The standard InChI is InChI=1S/C34H21N3O2/c1-2-8-22(9-3-1)23-14-16-24(17-15-23)37(25-18-31-33(35-20-25)27-10-4-6-12-29(27)38-31)26-19-32-34(36-21-26)28-11-5-7-13-30(28)39-32/h1-21H. The summed E-state index contributed by atoms with van der Waals surface area (Å²) in [6.45, 7) is 0. The molecular weight excluding hydrogens is 482 g/mol. The minimum absolute atomic E-state index is 0.734. The van der Waals surface area contributed by atoms with Crippen molar-refractivity contribution in [3.63, 3.8) is 0 Å². The molecule has 39 heavy (non-hydrogen) atoms. The van der Waals surface area contributed by atoms with E-state index in [9.17, 15) is 0 Å². The third-order valence-electron chi connectivity index (χ3n) is 7.15. The van der Waals surface area contributed by atoms with Gasteiger partial charge < -0.3 is 13.7 Å². The number of benzene rings is 4. The Morgan fingerprint density at radius 1 is 0.436 bits per heavy atom. The van der Waals surface area contributed by atoms with Gasteiger partial charge in [-0.1, -0.05) is 66.7 Å². The first-order valence-electron chi connectivity index (χ1n) is 12.8. The Hall–Kier alpha value is -5.42. The van der Waals surface area contributed by atoms with Gasteiger partial charge >= 0.3 is 0 Å². The van der Waals surface area contributed by atoms with Gasteiger partial charge in [0, 0.05) is 28.6 Å². The van der Waals surface area contributed by atoms with Gasteiger partial charge in [0.1, 0.15) is 22.2 Å². The molecule has 0 saturated carbocycles. The fraction of sp³-hybridized carbons (Fsp3) is 0. The smallest absolute Gasteiger partial charge is 0.155 e. The van der Waals surface area contributed by atoms with Crippen molar-refractivity contribution >= 4 is 61.2 Å². The monoisotopic (exact) mass is 503 g/mol. The maximum Gasteiger partial charge on any atom is 0.155 e. The first kappa shape index (κ1) is 21.6. The summed E-state index contributed by atoms with van der Waals surface area (Å²) in [6.07, 6.45) is 3.77. The summed E-state index contributed by atoms with van der Waals surface area (Å²) in [5, 5.41) is 2.01. The molecule has 0 atom stereocenters. The SMILES string of the molecule is c1ccc(-c2ccc(N(c3cnc4c(c3)oc3ccccc34)c3cnc4c(c3)oc3ccccc34)cc2)cc1. The van der Waals surface area contributed by atoms with E-state index in [1.54, 1.807) is 0 Å². The molecule has 5 nitrogen and oxygen atoms in total. The second kappa shape index (κ2) is 8.57. The molecule has 0 amide bonds. The molecule has 0 aliphatic carbocycles. The van der Waals surface area contributed by atoms with E-state index in [1.165, 1.54) is 5.56 Å². The molecule has 4 aromatic heterocycles. The van der Waals surface area contributed by atoms with Crippen molar-refractivity contribution < 1.29 is 8.83 Å². The summed E-state index contributed by atoms with van der Waals surface area (Å²) in [6, 6.07) is 38.9. The first-order chi connectivity index (χ1) is 19.3. The Labute approximate surface area is 223 Å². The average Bonchev–Trinajstić information content (AvgIpc) is 3.56. The Morgan fingerprint density at radius 2 is 0.923 bits per heavy atom. The molecule has 8 rings (SSSR count). The van der Waals surface area contributed by atoms with Crippen LogP contribution in [0.15, 0.2) is 136 Å². The van der Waals surface area contributed by atoms with E-state index in [1.807, 2.05) is 79.1 Å². The lowest BCUT2D eigenvalue weighted by Crippen LogP contribution is -2.10. The number of aromatic nitrogens is 2. The molecule has 0 N–H and O–H groups in total. The average molecular weight is 504 g/mol. The van der Waals surface area contributed by atoms with Gasteiger partial charge in [-0.25, -0.2) is 9.97 Å². The van der Waals surface area contributed by atoms with Gasteiger partial charge in [-0.05, 0) is 47.5 Å². The predicted octanol–water partition coefficient (Wildman–Crippen LogP) is 9.41. The van der Waals surface area contributed by atoms with Crippen molar-refractivity contribution in [3.05, 3.63) is 128 Å². The Morgan fingerprint density at radius 3 is 1.49 bits per heavy atom. The van der Waals surface area contributed by atoms with Crippen LogP contribution in [0.5, 0.6) is 0 Å². The molecule has 4 heterocycles. The maximum absolute atomic E-state index is 6.18. The molecule has 0 fully saturated rings. The Balaban J connectivity index is 1.31. The van der Waals surface area contributed by atoms with Gasteiger partial charge in [-0.3, -0.25) is 0 Å². The van der Waals surface area contributed by atoms with Gasteiger partial charge in [0.25, 0.3) is 0 Å². The van der Waals surface area contributed by atoms with E-state index in [0.717, 1.165) is 66.8 Å². The Kier molecular flexibility index (Phi) is 4.76. The third-order valence-corrected chi connectivity index (χ3v) is 7.15. The highest BCUT2D eigenvalue weighted by molar-refractivity contribution is 6.05. The van der Waals surface area contributed by atoms with Crippen molar-refractivity contribution in [1.82, 2.24) is 9.97 Å². The number of rotatable bonds is 4. The summed E-state index contributed by atoms with van der Waals surface area (Å²) in [5.41, 5.74) is 9.83. The fourth-order valence-electron chi connectivity index (χ4n) is 5.29. The van der Waals surface area contributed by atoms with Crippen molar-refractivity contribution in [2.75, 3.05) is 4.90 Å². The zero-order valence-corrected chi connectivity index (χ0v) is 20.8. The maximum atomic E-state index is 6.18. The van der Waals surface area contributed by atoms with Crippen LogP contribution in [0.1, 0.15) is 0 Å². The largest absolute Gasteiger partial charge is 0.454 e. The molecule has 0 radical (unpaired) electrons. The van der Waals surface area contributed by atoms with Gasteiger partial charge in [-0.2, -0.15) is 0 Å². The molecular formula is C34H21N3O2. The normalized spacial score (nSPS) is 11.6. The lowest BCUT2D eigenvalue weighted by atomic mass is 10.1. The van der Waals surface area contributed by atoms with Crippen LogP contribution in [-0.4, -0.2) is 9.97 Å². The van der Waals surface area contributed by atoms with Gasteiger partial charge in [0.2, 0.25) is 0 Å². The van der Waals surface area contributed by atoms with Crippen molar-refractivity contribution in [1.29, 1.82) is 0 Å². The van der Waals surface area contributed by atoms with Crippen LogP contribution < -0.4 is 4.90 Å². The minimum atomic E-state index is 0.734. The van der Waals surface area contributed by atoms with Crippen molar-refractivity contribution in [3.8, 4) is 11.1 Å². The van der Waals surface area contributed by atoms with Crippen LogP contribution in [-0.2, 0) is 0 Å². The number of hydrogen-bond donors (Lipinski definition) is 0. The van der Waals surface area contributed by atoms with E-state index in [4.69, 9.17) is 18.8 Å². The second-order valence-electron chi connectivity index (χ2n) is 9.53. The molecule has 5 heteroatoms. The fourth-order valence-corrected chi connectivity index (χ4v) is 5.29. The van der Waals surface area contributed by atoms with Gasteiger partial charge in [0.05, 0.1) is 23.8 Å². The molecule has 0 saturated heterocycles. The summed E-state index contributed by atoms with van der Waals surface area (Å²) in [4.78, 5) is 11.8. The number of para-hydroxylation sites is 2. The van der Waals surface area contributed by atoms with E-state index in [0.29, 0.717) is 0 Å². The quantitative estimate of drug-likeness (QED) is 0.239. The minimum Gasteiger partial charge on any atom is -0.454 e. The summed E-state index contributed by atoms with van der Waals surface area (Å²) in [7, 11) is 0. The first-order valence-corrected chi connectivity index (χ1v) is 12.8. The molecule has 0 unspecified atom stereocenters. The molecule has 184 valence electrons. The highest BCUT2D eigenvalue weighted by Crippen LogP contribution is 2.39. The number of hydrogen-bond acceptors (Lipinski definition) is 5. The van der Waals surface area contributed by atoms with Crippen LogP contribution in [0.2, 0.25) is 0 Å². The van der Waals surface area contributed by atoms with Gasteiger partial charge in [-0.15, -0.1) is 0 Å². The van der Waals surface area contributed by atoms with Crippen LogP contribution in [0.4, 0.5) is 17.1 Å². The van der Waals surface area contributed by atoms with Crippen molar-refractivity contribution in [2.45, 2.75) is 0 Å². The lowest BCUT2D eigenvalue weighted by molar-refractivity contribution is 0.668. The second-order valence-corrected chi connectivity index (χ2v) is 9.53. The molecule has 0 aliphatic rings. The predicted molar refractivity (Wildman–Crippen MR) is 157 cm³/mol. The number of fused-ring (bicyclic) bond motifs is 6. The van der Waals surface area contributed by atoms with E-state index in [2.05, 4.69) is 53.4 Å². The van der Waals surface area contributed by atoms with Crippen LogP contribution >= 0.6 is 0 Å². The molecule has 4 aromatic carbocycles. The van der Waals surface area contributed by atoms with Crippen LogP contribution in [0.25, 0.3) is 55.3 Å². The molecule has 0 aliphatic heterocycles. The third kappa shape index (κ3) is 3.55. The van der Waals surface area contributed by atoms with E-state index >= 15 is 0 Å². The summed E-state index contributed by atoms with van der Waals surface area (Å²) >= 11 is 0. The zero-order chi connectivity index (χ0) is 25.8. The number of nitrogens with zero attached hydrogens (tertiary/aromatic N) is 3. The highest BCUT2D eigenvalue weighted by atomic mass is 16.3. The molecule has 8 aromatic rings. The summed E-state index contributed by atoms with van der Waals surface area (Å²) < 4.78 is 12.4. The van der Waals surface area contributed by atoms with E-state index < -0.39 is 0 Å². The van der Waals surface area contributed by atoms with Crippen molar-refractivity contribution in [2.24, 2.45) is 0 Å². The van der Waals surface area contributed by atoms with Crippen LogP contribution in [0.3, 0.4) is 0 Å². The number of pyridine rings is 2. The summed E-state index contributed by atoms with van der Waals surface area (Å²) in [5.74, 6) is 0. The number of furan rings is 2. The van der Waals surface area contributed by atoms with Gasteiger partial charge in [0.15, 0.2) is 11.2 Å². The van der Waals surface area contributed by atoms with Crippen LogP contribution in [0, 0.1) is 0 Å². The zero-order valence-electron chi connectivity index (χ0n) is 20.8.